The summed E-state index contributed by atoms with van der Waals surface area (Å²) in [6, 6.07) is 5.29. The van der Waals surface area contributed by atoms with E-state index in [1.807, 2.05) is 13.8 Å². The van der Waals surface area contributed by atoms with Crippen molar-refractivity contribution in [2.24, 2.45) is 11.8 Å². The van der Waals surface area contributed by atoms with Gasteiger partial charge >= 0.3 is 0 Å². The van der Waals surface area contributed by atoms with E-state index in [0.717, 1.165) is 0 Å². The van der Waals surface area contributed by atoms with Crippen LogP contribution in [0.25, 0.3) is 0 Å². The third-order valence-electron chi connectivity index (χ3n) is 2.25. The number of carbonyl (C=O) groups is 1. The predicted molar refractivity (Wildman–Crippen MR) is 58.3 cm³/mol. The first-order chi connectivity index (χ1) is 7.15. The number of aromatic nitrogens is 1. The fraction of sp³-hybridized carbons (Fsp3) is 0.455. The topological polar surface area (TPSA) is 62.2 Å². The summed E-state index contributed by atoms with van der Waals surface area (Å²) in [6.07, 6.45) is 1.61. The van der Waals surface area contributed by atoms with Gasteiger partial charge in [-0.3, -0.25) is 4.79 Å². The number of pyridine rings is 1. The Hall–Kier alpha value is -1.42. The molecule has 4 heteroatoms. The molecule has 0 aliphatic heterocycles. The summed E-state index contributed by atoms with van der Waals surface area (Å²) < 4.78 is 0. The number of rotatable bonds is 4. The van der Waals surface area contributed by atoms with E-state index in [0.29, 0.717) is 5.82 Å². The van der Waals surface area contributed by atoms with Crippen molar-refractivity contribution in [1.82, 2.24) is 4.98 Å². The maximum Gasteiger partial charge on any atom is 0.231 e. The maximum absolute atomic E-state index is 11.7. The number of nitrogens with one attached hydrogen (secondary N) is 1. The summed E-state index contributed by atoms with van der Waals surface area (Å²) in [5, 5.41) is 11.7. The lowest BCUT2D eigenvalue weighted by atomic mass is 9.96. The van der Waals surface area contributed by atoms with Crippen LogP contribution < -0.4 is 5.32 Å². The highest BCUT2D eigenvalue weighted by atomic mass is 16.3. The molecule has 4 nitrogen and oxygen atoms in total. The minimum absolute atomic E-state index is 0.110. The van der Waals surface area contributed by atoms with Crippen molar-refractivity contribution in [3.05, 3.63) is 24.4 Å². The van der Waals surface area contributed by atoms with Crippen molar-refractivity contribution >= 4 is 11.7 Å². The number of hydrogen-bond acceptors (Lipinski definition) is 3. The van der Waals surface area contributed by atoms with Crippen molar-refractivity contribution in [2.75, 3.05) is 11.9 Å². The van der Waals surface area contributed by atoms with Crippen LogP contribution in [0.1, 0.15) is 13.8 Å². The maximum atomic E-state index is 11.7. The summed E-state index contributed by atoms with van der Waals surface area (Å²) in [7, 11) is 0. The SMILES string of the molecule is CC(C)C(CO)C(=O)Nc1ccccn1. The Labute approximate surface area is 89.3 Å². The molecule has 0 fully saturated rings. The molecule has 2 N–H and O–H groups in total. The normalized spacial score (nSPS) is 12.5. The molecule has 1 rings (SSSR count). The van der Waals surface area contributed by atoms with Crippen molar-refractivity contribution in [3.63, 3.8) is 0 Å². The van der Waals surface area contributed by atoms with Crippen LogP contribution in [-0.2, 0) is 4.79 Å². The number of aliphatic hydroxyl groups is 1. The van der Waals surface area contributed by atoms with Gasteiger partial charge in [0.2, 0.25) is 5.91 Å². The molecule has 1 unspecified atom stereocenters. The third-order valence-corrected chi connectivity index (χ3v) is 2.25. The molecule has 1 atom stereocenters. The highest BCUT2D eigenvalue weighted by molar-refractivity contribution is 5.91. The fourth-order valence-corrected chi connectivity index (χ4v) is 1.25. The van der Waals surface area contributed by atoms with Gasteiger partial charge in [0.15, 0.2) is 0 Å². The molecular formula is C11H16N2O2. The summed E-state index contributed by atoms with van der Waals surface area (Å²) in [6.45, 7) is 3.66. The molecule has 0 bridgehead atoms. The first-order valence-electron chi connectivity index (χ1n) is 4.98. The Morgan fingerprint density at radius 2 is 2.27 bits per heavy atom. The second-order valence-electron chi connectivity index (χ2n) is 3.74. The Morgan fingerprint density at radius 1 is 1.53 bits per heavy atom. The Bertz CT molecular complexity index is 312. The monoisotopic (exact) mass is 208 g/mol. The largest absolute Gasteiger partial charge is 0.396 e. The molecule has 0 saturated carbocycles. The Kier molecular flexibility index (Phi) is 4.24. The van der Waals surface area contributed by atoms with Crippen LogP contribution in [0, 0.1) is 11.8 Å². The zero-order valence-electron chi connectivity index (χ0n) is 8.97. The standard InChI is InChI=1S/C11H16N2O2/c1-8(2)9(7-14)11(15)13-10-5-3-4-6-12-10/h3-6,8-9,14H,7H2,1-2H3,(H,12,13,15). The number of hydrogen-bond donors (Lipinski definition) is 2. The van der Waals surface area contributed by atoms with Gasteiger partial charge in [-0.1, -0.05) is 19.9 Å². The van der Waals surface area contributed by atoms with Crippen LogP contribution in [0.2, 0.25) is 0 Å². The van der Waals surface area contributed by atoms with Crippen LogP contribution in [0.3, 0.4) is 0 Å². The highest BCUT2D eigenvalue weighted by Crippen LogP contribution is 2.12. The van der Waals surface area contributed by atoms with Gasteiger partial charge in [0.05, 0.1) is 12.5 Å². The highest BCUT2D eigenvalue weighted by Gasteiger charge is 2.21. The van der Waals surface area contributed by atoms with Gasteiger partial charge in [-0.05, 0) is 18.1 Å². The van der Waals surface area contributed by atoms with Crippen molar-refractivity contribution in [1.29, 1.82) is 0 Å². The van der Waals surface area contributed by atoms with Gasteiger partial charge in [0.1, 0.15) is 5.82 Å². The number of nitrogens with zero attached hydrogens (tertiary/aromatic N) is 1. The quantitative estimate of drug-likeness (QED) is 0.783. The minimum Gasteiger partial charge on any atom is -0.396 e. The van der Waals surface area contributed by atoms with Gasteiger partial charge in [-0.25, -0.2) is 4.98 Å². The summed E-state index contributed by atoms with van der Waals surface area (Å²) >= 11 is 0. The zero-order valence-corrected chi connectivity index (χ0v) is 8.97. The number of aliphatic hydroxyl groups excluding tert-OH is 1. The van der Waals surface area contributed by atoms with Crippen LogP contribution in [0.15, 0.2) is 24.4 Å². The van der Waals surface area contributed by atoms with E-state index in [-0.39, 0.29) is 24.3 Å². The van der Waals surface area contributed by atoms with E-state index < -0.39 is 0 Å². The Balaban J connectivity index is 2.62. The van der Waals surface area contributed by atoms with E-state index in [2.05, 4.69) is 10.3 Å². The molecule has 0 aromatic carbocycles. The summed E-state index contributed by atoms with van der Waals surface area (Å²) in [4.78, 5) is 15.7. The fourth-order valence-electron chi connectivity index (χ4n) is 1.25. The zero-order chi connectivity index (χ0) is 11.3. The van der Waals surface area contributed by atoms with Crippen LogP contribution >= 0.6 is 0 Å². The lowest BCUT2D eigenvalue weighted by Gasteiger charge is -2.17. The number of carbonyl (C=O) groups excluding carboxylic acids is 1. The molecule has 1 aromatic rings. The van der Waals surface area contributed by atoms with Crippen LogP contribution in [-0.4, -0.2) is 22.6 Å². The van der Waals surface area contributed by atoms with Crippen molar-refractivity contribution in [2.45, 2.75) is 13.8 Å². The molecule has 1 aromatic heterocycles. The molecule has 0 radical (unpaired) electrons. The first-order valence-corrected chi connectivity index (χ1v) is 4.98. The molecule has 0 aliphatic carbocycles. The van der Waals surface area contributed by atoms with Crippen LogP contribution in [0.5, 0.6) is 0 Å². The smallest absolute Gasteiger partial charge is 0.231 e. The van der Waals surface area contributed by atoms with E-state index in [1.165, 1.54) is 0 Å². The molecule has 15 heavy (non-hydrogen) atoms. The van der Waals surface area contributed by atoms with Crippen molar-refractivity contribution in [3.8, 4) is 0 Å². The van der Waals surface area contributed by atoms with Gasteiger partial charge in [-0.2, -0.15) is 0 Å². The molecule has 0 aliphatic rings. The lowest BCUT2D eigenvalue weighted by molar-refractivity contribution is -0.122. The molecule has 1 heterocycles. The first kappa shape index (κ1) is 11.7. The van der Waals surface area contributed by atoms with E-state index in [9.17, 15) is 4.79 Å². The molecule has 0 spiro atoms. The van der Waals surface area contributed by atoms with Gasteiger partial charge in [-0.15, -0.1) is 0 Å². The average Bonchev–Trinajstić information content (AvgIpc) is 2.19. The van der Waals surface area contributed by atoms with E-state index >= 15 is 0 Å². The summed E-state index contributed by atoms with van der Waals surface area (Å²) in [5.74, 6) is 0.0542. The lowest BCUT2D eigenvalue weighted by Crippen LogP contribution is -2.30. The summed E-state index contributed by atoms with van der Waals surface area (Å²) in [5.41, 5.74) is 0. The second-order valence-corrected chi connectivity index (χ2v) is 3.74. The number of amides is 1. The minimum atomic E-state index is -0.382. The van der Waals surface area contributed by atoms with Gasteiger partial charge in [0.25, 0.3) is 0 Å². The predicted octanol–water partition coefficient (Wildman–Crippen LogP) is 1.28. The van der Waals surface area contributed by atoms with Gasteiger partial charge < -0.3 is 10.4 Å². The molecule has 82 valence electrons. The third kappa shape index (κ3) is 3.32. The molecule has 0 saturated heterocycles. The molecular weight excluding hydrogens is 192 g/mol. The molecule has 1 amide bonds. The van der Waals surface area contributed by atoms with Crippen LogP contribution in [0.4, 0.5) is 5.82 Å². The second kappa shape index (κ2) is 5.46. The van der Waals surface area contributed by atoms with E-state index in [4.69, 9.17) is 5.11 Å². The average molecular weight is 208 g/mol. The Morgan fingerprint density at radius 3 is 2.73 bits per heavy atom. The van der Waals surface area contributed by atoms with Crippen molar-refractivity contribution < 1.29 is 9.90 Å². The van der Waals surface area contributed by atoms with E-state index in [1.54, 1.807) is 24.4 Å². The van der Waals surface area contributed by atoms with Gasteiger partial charge in [0, 0.05) is 6.20 Å². The number of anilines is 1.